The van der Waals surface area contributed by atoms with Crippen LogP contribution in [0.15, 0.2) is 29.4 Å². The lowest BCUT2D eigenvalue weighted by molar-refractivity contribution is -0.115. The first-order valence-corrected chi connectivity index (χ1v) is 6.97. The molecule has 1 aliphatic rings. The number of oxime groups is 1. The highest BCUT2D eigenvalue weighted by molar-refractivity contribution is 8.00. The summed E-state index contributed by atoms with van der Waals surface area (Å²) in [5, 5.41) is 14.9. The molecule has 4 nitrogen and oxygen atoms in total. The van der Waals surface area contributed by atoms with E-state index in [9.17, 15) is 4.79 Å². The normalized spacial score (nSPS) is 19.8. The third-order valence-electron chi connectivity index (χ3n) is 2.92. The molecule has 1 saturated heterocycles. The van der Waals surface area contributed by atoms with Crippen molar-refractivity contribution in [3.63, 3.8) is 0 Å². The van der Waals surface area contributed by atoms with E-state index >= 15 is 0 Å². The molecule has 1 aliphatic heterocycles. The Labute approximate surface area is 110 Å². The molecule has 1 atom stereocenters. The van der Waals surface area contributed by atoms with Gasteiger partial charge in [0, 0.05) is 11.3 Å². The molecule has 1 heterocycles. The Hall–Kier alpha value is -1.49. The van der Waals surface area contributed by atoms with Gasteiger partial charge in [0.2, 0.25) is 5.91 Å². The van der Waals surface area contributed by atoms with Crippen molar-refractivity contribution >= 4 is 29.1 Å². The highest BCUT2D eigenvalue weighted by Gasteiger charge is 2.23. The maximum Gasteiger partial charge on any atom is 0.237 e. The molecule has 0 saturated carbocycles. The zero-order chi connectivity index (χ0) is 13.0. The van der Waals surface area contributed by atoms with Crippen LogP contribution in [-0.2, 0) is 4.79 Å². The maximum atomic E-state index is 12.0. The molecule has 5 heteroatoms. The second-order valence-electron chi connectivity index (χ2n) is 4.26. The molecule has 1 amide bonds. The Bertz CT molecular complexity index is 468. The van der Waals surface area contributed by atoms with Crippen LogP contribution < -0.4 is 5.32 Å². The summed E-state index contributed by atoms with van der Waals surface area (Å²) in [4.78, 5) is 12.0. The number of amides is 1. The highest BCUT2D eigenvalue weighted by Crippen LogP contribution is 2.27. The third kappa shape index (κ3) is 3.04. The van der Waals surface area contributed by atoms with Crippen LogP contribution in [0.2, 0.25) is 0 Å². The zero-order valence-electron chi connectivity index (χ0n) is 10.2. The Morgan fingerprint density at radius 2 is 2.39 bits per heavy atom. The molecule has 0 aromatic heterocycles. The third-order valence-corrected chi connectivity index (χ3v) is 4.30. The minimum Gasteiger partial charge on any atom is -0.411 e. The van der Waals surface area contributed by atoms with Crippen LogP contribution in [0.25, 0.3) is 0 Å². The number of anilines is 1. The predicted octanol–water partition coefficient (Wildman–Crippen LogP) is 2.72. The van der Waals surface area contributed by atoms with E-state index in [1.807, 2.05) is 24.3 Å². The van der Waals surface area contributed by atoms with Gasteiger partial charge in [0.25, 0.3) is 0 Å². The molecule has 0 radical (unpaired) electrons. The van der Waals surface area contributed by atoms with Gasteiger partial charge >= 0.3 is 0 Å². The first kappa shape index (κ1) is 13.0. The zero-order valence-corrected chi connectivity index (χ0v) is 11.0. The minimum absolute atomic E-state index is 0.0632. The van der Waals surface area contributed by atoms with Crippen LogP contribution >= 0.6 is 11.8 Å². The van der Waals surface area contributed by atoms with E-state index in [0.29, 0.717) is 5.71 Å². The van der Waals surface area contributed by atoms with E-state index in [4.69, 9.17) is 5.21 Å². The summed E-state index contributed by atoms with van der Waals surface area (Å²) in [5.41, 5.74) is 2.07. The van der Waals surface area contributed by atoms with E-state index < -0.39 is 0 Å². The quantitative estimate of drug-likeness (QED) is 0.501. The number of benzene rings is 1. The summed E-state index contributed by atoms with van der Waals surface area (Å²) >= 11 is 1.71. The van der Waals surface area contributed by atoms with Gasteiger partial charge < -0.3 is 10.5 Å². The fourth-order valence-corrected chi connectivity index (χ4v) is 3.05. The molecule has 1 fully saturated rings. The topological polar surface area (TPSA) is 61.7 Å². The van der Waals surface area contributed by atoms with E-state index in [-0.39, 0.29) is 11.2 Å². The van der Waals surface area contributed by atoms with Gasteiger partial charge in [-0.05, 0) is 37.7 Å². The van der Waals surface area contributed by atoms with Crippen LogP contribution in [0, 0.1) is 0 Å². The second kappa shape index (κ2) is 5.91. The largest absolute Gasteiger partial charge is 0.411 e. The fraction of sp³-hybridized carbons (Fsp3) is 0.385. The van der Waals surface area contributed by atoms with Gasteiger partial charge in [-0.25, -0.2) is 0 Å². The standard InChI is InChI=1S/C13H16N2O2S/c1-9(15-17)10-4-2-5-11(8-10)14-13(16)12-6-3-7-18-12/h2,4-5,8,12,17H,3,6-7H2,1H3,(H,14,16). The van der Waals surface area contributed by atoms with Crippen molar-refractivity contribution in [1.29, 1.82) is 0 Å². The lowest BCUT2D eigenvalue weighted by Crippen LogP contribution is -2.22. The summed E-state index contributed by atoms with van der Waals surface area (Å²) in [6.07, 6.45) is 2.06. The van der Waals surface area contributed by atoms with Gasteiger partial charge in [0.15, 0.2) is 0 Å². The minimum atomic E-state index is 0.0632. The van der Waals surface area contributed by atoms with Gasteiger partial charge in [0.1, 0.15) is 0 Å². The number of hydrogen-bond acceptors (Lipinski definition) is 4. The molecular weight excluding hydrogens is 248 g/mol. The first-order valence-electron chi connectivity index (χ1n) is 5.92. The van der Waals surface area contributed by atoms with E-state index in [1.54, 1.807) is 18.7 Å². The van der Waals surface area contributed by atoms with Crippen LogP contribution in [0.3, 0.4) is 0 Å². The lowest BCUT2D eigenvalue weighted by atomic mass is 10.1. The second-order valence-corrected chi connectivity index (χ2v) is 5.57. The number of rotatable bonds is 3. The van der Waals surface area contributed by atoms with Crippen molar-refractivity contribution in [2.45, 2.75) is 25.0 Å². The number of hydrogen-bond donors (Lipinski definition) is 2. The highest BCUT2D eigenvalue weighted by atomic mass is 32.2. The van der Waals surface area contributed by atoms with Crippen LogP contribution in [0.5, 0.6) is 0 Å². The molecule has 18 heavy (non-hydrogen) atoms. The Kier molecular flexibility index (Phi) is 4.25. The number of nitrogens with one attached hydrogen (secondary N) is 1. The number of nitrogens with zero attached hydrogens (tertiary/aromatic N) is 1. The first-order chi connectivity index (χ1) is 8.70. The maximum absolute atomic E-state index is 12.0. The summed E-state index contributed by atoms with van der Waals surface area (Å²) in [6, 6.07) is 7.33. The molecule has 2 rings (SSSR count). The molecule has 0 bridgehead atoms. The fourth-order valence-electron chi connectivity index (χ4n) is 1.89. The number of carbonyl (C=O) groups excluding carboxylic acids is 1. The SMILES string of the molecule is CC(=NO)c1cccc(NC(=O)C2CCCS2)c1. The van der Waals surface area contributed by atoms with Gasteiger partial charge in [-0.1, -0.05) is 17.3 Å². The van der Waals surface area contributed by atoms with E-state index in [1.165, 1.54) is 0 Å². The van der Waals surface area contributed by atoms with Crippen LogP contribution in [0.4, 0.5) is 5.69 Å². The van der Waals surface area contributed by atoms with E-state index in [0.717, 1.165) is 29.8 Å². The summed E-state index contributed by atoms with van der Waals surface area (Å²) in [7, 11) is 0. The molecule has 0 aliphatic carbocycles. The van der Waals surface area contributed by atoms with Crippen molar-refractivity contribution < 1.29 is 10.0 Å². The molecule has 96 valence electrons. The van der Waals surface area contributed by atoms with Gasteiger partial charge in [-0.15, -0.1) is 11.8 Å². The molecule has 1 aromatic rings. The number of carbonyl (C=O) groups is 1. The van der Waals surface area contributed by atoms with E-state index in [2.05, 4.69) is 10.5 Å². The number of thioether (sulfide) groups is 1. The molecule has 1 aromatic carbocycles. The molecular formula is C13H16N2O2S. The lowest BCUT2D eigenvalue weighted by Gasteiger charge is -2.10. The average Bonchev–Trinajstić information content (AvgIpc) is 2.92. The van der Waals surface area contributed by atoms with Crippen molar-refractivity contribution in [3.05, 3.63) is 29.8 Å². The Morgan fingerprint density at radius 1 is 1.56 bits per heavy atom. The average molecular weight is 264 g/mol. The summed E-state index contributed by atoms with van der Waals surface area (Å²) < 4.78 is 0. The smallest absolute Gasteiger partial charge is 0.237 e. The van der Waals surface area contributed by atoms with Crippen LogP contribution in [0.1, 0.15) is 25.3 Å². The molecule has 2 N–H and O–H groups in total. The Morgan fingerprint density at radius 3 is 3.06 bits per heavy atom. The predicted molar refractivity (Wildman–Crippen MR) is 74.5 cm³/mol. The van der Waals surface area contributed by atoms with Gasteiger partial charge in [0.05, 0.1) is 11.0 Å². The summed E-state index contributed by atoms with van der Waals surface area (Å²) in [6.45, 7) is 1.72. The van der Waals surface area contributed by atoms with Crippen LogP contribution in [-0.4, -0.2) is 27.8 Å². The van der Waals surface area contributed by atoms with Crippen molar-refractivity contribution in [2.75, 3.05) is 11.1 Å². The Balaban J connectivity index is 2.07. The van der Waals surface area contributed by atoms with Crippen molar-refractivity contribution in [2.24, 2.45) is 5.16 Å². The molecule has 0 spiro atoms. The molecule has 1 unspecified atom stereocenters. The van der Waals surface area contributed by atoms with Crippen molar-refractivity contribution in [1.82, 2.24) is 0 Å². The van der Waals surface area contributed by atoms with Gasteiger partial charge in [-0.3, -0.25) is 4.79 Å². The van der Waals surface area contributed by atoms with Gasteiger partial charge in [-0.2, -0.15) is 0 Å². The van der Waals surface area contributed by atoms with Crippen molar-refractivity contribution in [3.8, 4) is 0 Å². The summed E-state index contributed by atoms with van der Waals surface area (Å²) in [5.74, 6) is 1.13. The monoisotopic (exact) mass is 264 g/mol.